The van der Waals surface area contributed by atoms with Gasteiger partial charge >= 0.3 is 0 Å². The Morgan fingerprint density at radius 2 is 1.67 bits per heavy atom. The van der Waals surface area contributed by atoms with Crippen LogP contribution in [0.1, 0.15) is 33.2 Å². The van der Waals surface area contributed by atoms with Crippen molar-refractivity contribution in [2.75, 3.05) is 12.4 Å². The molecule has 136 valence electrons. The maximum atomic E-state index is 13.3. The molecule has 0 saturated carbocycles. The smallest absolute Gasteiger partial charge is 0.258 e. The number of nitrogens with one attached hydrogen (secondary N) is 1. The molecule has 4 heteroatoms. The molecule has 3 aromatic rings. The molecule has 1 unspecified atom stereocenters. The molecule has 1 atom stereocenters. The van der Waals surface area contributed by atoms with E-state index in [0.29, 0.717) is 12.1 Å². The van der Waals surface area contributed by atoms with Crippen molar-refractivity contribution in [3.63, 3.8) is 0 Å². The predicted molar refractivity (Wildman–Crippen MR) is 107 cm³/mol. The zero-order valence-corrected chi connectivity index (χ0v) is 15.5. The van der Waals surface area contributed by atoms with Crippen LogP contribution in [0, 0.1) is 6.92 Å². The zero-order valence-electron chi connectivity index (χ0n) is 15.5. The number of ether oxygens (including phenoxy) is 1. The largest absolute Gasteiger partial charge is 0.497 e. The number of amides is 1. The third-order valence-corrected chi connectivity index (χ3v) is 4.93. The molecule has 3 aromatic carbocycles. The number of methoxy groups -OCH3 is 1. The number of carbonyl (C=O) groups is 1. The Kier molecular flexibility index (Phi) is 4.55. The number of aryl methyl sites for hydroxylation is 1. The van der Waals surface area contributed by atoms with Gasteiger partial charge in [0.05, 0.1) is 12.7 Å². The highest BCUT2D eigenvalue weighted by Gasteiger charge is 2.32. The lowest BCUT2D eigenvalue weighted by Crippen LogP contribution is -2.42. The molecule has 27 heavy (non-hydrogen) atoms. The summed E-state index contributed by atoms with van der Waals surface area (Å²) in [6.07, 6.45) is -0.213. The second-order valence-corrected chi connectivity index (χ2v) is 6.78. The van der Waals surface area contributed by atoms with Crippen LogP contribution in [-0.2, 0) is 6.54 Å². The highest BCUT2D eigenvalue weighted by molar-refractivity contribution is 6.01. The summed E-state index contributed by atoms with van der Waals surface area (Å²) in [6.45, 7) is 2.58. The first-order valence-corrected chi connectivity index (χ1v) is 9.02. The Morgan fingerprint density at radius 3 is 2.37 bits per heavy atom. The van der Waals surface area contributed by atoms with Gasteiger partial charge in [-0.2, -0.15) is 0 Å². The minimum Gasteiger partial charge on any atom is -0.497 e. The van der Waals surface area contributed by atoms with Gasteiger partial charge in [0.15, 0.2) is 0 Å². The lowest BCUT2D eigenvalue weighted by molar-refractivity contribution is 0.0666. The molecule has 0 radical (unpaired) electrons. The molecular weight excluding hydrogens is 336 g/mol. The van der Waals surface area contributed by atoms with Crippen LogP contribution in [0.3, 0.4) is 0 Å². The molecule has 1 amide bonds. The lowest BCUT2D eigenvalue weighted by Gasteiger charge is -2.38. The van der Waals surface area contributed by atoms with Crippen LogP contribution in [0.5, 0.6) is 5.75 Å². The second-order valence-electron chi connectivity index (χ2n) is 6.78. The minimum absolute atomic E-state index is 0.0331. The van der Waals surface area contributed by atoms with E-state index in [0.717, 1.165) is 22.6 Å². The maximum Gasteiger partial charge on any atom is 0.258 e. The van der Waals surface area contributed by atoms with Crippen molar-refractivity contribution in [2.24, 2.45) is 0 Å². The fourth-order valence-corrected chi connectivity index (χ4v) is 3.40. The number of hydrogen-bond acceptors (Lipinski definition) is 3. The van der Waals surface area contributed by atoms with Crippen molar-refractivity contribution in [3.8, 4) is 5.75 Å². The standard InChI is InChI=1S/C23H22N2O2/c1-16-7-11-18(12-8-16)22-24-21-6-4-3-5-20(21)23(26)25(22)15-17-9-13-19(27-2)14-10-17/h3-14,22,24H,15H2,1-2H3. The average Bonchev–Trinajstić information content (AvgIpc) is 2.71. The van der Waals surface area contributed by atoms with Crippen molar-refractivity contribution >= 4 is 11.6 Å². The summed E-state index contributed by atoms with van der Waals surface area (Å²) in [4.78, 5) is 15.1. The van der Waals surface area contributed by atoms with E-state index in [9.17, 15) is 4.79 Å². The van der Waals surface area contributed by atoms with Gasteiger partial charge in [-0.05, 0) is 42.3 Å². The number of hydrogen-bond donors (Lipinski definition) is 1. The Balaban J connectivity index is 1.71. The highest BCUT2D eigenvalue weighted by atomic mass is 16.5. The lowest BCUT2D eigenvalue weighted by atomic mass is 10.0. The summed E-state index contributed by atoms with van der Waals surface area (Å²) in [7, 11) is 1.65. The summed E-state index contributed by atoms with van der Waals surface area (Å²) in [6, 6.07) is 23.8. The monoisotopic (exact) mass is 358 g/mol. The van der Waals surface area contributed by atoms with Crippen molar-refractivity contribution in [2.45, 2.75) is 19.6 Å². The van der Waals surface area contributed by atoms with Gasteiger partial charge in [0.2, 0.25) is 0 Å². The van der Waals surface area contributed by atoms with Crippen molar-refractivity contribution in [1.82, 2.24) is 4.90 Å². The van der Waals surface area contributed by atoms with E-state index < -0.39 is 0 Å². The first-order valence-electron chi connectivity index (χ1n) is 9.02. The normalized spacial score (nSPS) is 15.9. The van der Waals surface area contributed by atoms with Gasteiger partial charge in [-0.15, -0.1) is 0 Å². The fraction of sp³-hybridized carbons (Fsp3) is 0.174. The third-order valence-electron chi connectivity index (χ3n) is 4.93. The molecule has 4 rings (SSSR count). The van der Waals surface area contributed by atoms with Gasteiger partial charge in [-0.3, -0.25) is 4.79 Å². The number of anilines is 1. The van der Waals surface area contributed by atoms with Crippen molar-refractivity contribution < 1.29 is 9.53 Å². The molecular formula is C23H22N2O2. The maximum absolute atomic E-state index is 13.3. The van der Waals surface area contributed by atoms with Crippen LogP contribution in [-0.4, -0.2) is 17.9 Å². The summed E-state index contributed by atoms with van der Waals surface area (Å²) < 4.78 is 5.24. The Labute approximate surface area is 159 Å². The van der Waals surface area contributed by atoms with Gasteiger partial charge < -0.3 is 15.0 Å². The topological polar surface area (TPSA) is 41.6 Å². The first kappa shape index (κ1) is 17.2. The number of rotatable bonds is 4. The molecule has 1 heterocycles. The van der Waals surface area contributed by atoms with Crippen molar-refractivity contribution in [3.05, 3.63) is 95.1 Å². The summed E-state index contributed by atoms with van der Waals surface area (Å²) in [5.74, 6) is 0.841. The van der Waals surface area contributed by atoms with E-state index in [1.165, 1.54) is 5.56 Å². The van der Waals surface area contributed by atoms with E-state index in [1.807, 2.05) is 53.4 Å². The van der Waals surface area contributed by atoms with E-state index in [4.69, 9.17) is 4.74 Å². The van der Waals surface area contributed by atoms with E-state index in [-0.39, 0.29) is 12.1 Å². The second kappa shape index (κ2) is 7.16. The van der Waals surface area contributed by atoms with Crippen molar-refractivity contribution in [1.29, 1.82) is 0 Å². The SMILES string of the molecule is COc1ccc(CN2C(=O)c3ccccc3NC2c2ccc(C)cc2)cc1. The van der Waals surface area contributed by atoms with Crippen LogP contribution >= 0.6 is 0 Å². The first-order chi connectivity index (χ1) is 13.2. The molecule has 4 nitrogen and oxygen atoms in total. The fourth-order valence-electron chi connectivity index (χ4n) is 3.40. The number of nitrogens with zero attached hydrogens (tertiary/aromatic N) is 1. The zero-order chi connectivity index (χ0) is 18.8. The van der Waals surface area contributed by atoms with E-state index in [1.54, 1.807) is 7.11 Å². The van der Waals surface area contributed by atoms with Gasteiger partial charge in [0.25, 0.3) is 5.91 Å². The third kappa shape index (κ3) is 3.38. The quantitative estimate of drug-likeness (QED) is 0.730. The molecule has 0 aliphatic carbocycles. The molecule has 0 saturated heterocycles. The number of para-hydroxylation sites is 1. The summed E-state index contributed by atoms with van der Waals surface area (Å²) in [5, 5.41) is 3.54. The van der Waals surface area contributed by atoms with Gasteiger partial charge in [-0.1, -0.05) is 54.1 Å². The highest BCUT2D eigenvalue weighted by Crippen LogP contribution is 2.34. The number of benzene rings is 3. The molecule has 0 spiro atoms. The summed E-state index contributed by atoms with van der Waals surface area (Å²) in [5.41, 5.74) is 4.90. The Morgan fingerprint density at radius 1 is 0.963 bits per heavy atom. The molecule has 0 fully saturated rings. The Hall–Kier alpha value is -3.27. The Bertz CT molecular complexity index is 949. The molecule has 1 N–H and O–H groups in total. The van der Waals surface area contributed by atoms with Crippen LogP contribution < -0.4 is 10.1 Å². The summed E-state index contributed by atoms with van der Waals surface area (Å²) >= 11 is 0. The van der Waals surface area contributed by atoms with Crippen LogP contribution in [0.25, 0.3) is 0 Å². The predicted octanol–water partition coefficient (Wildman–Crippen LogP) is 4.77. The van der Waals surface area contributed by atoms with Crippen LogP contribution in [0.4, 0.5) is 5.69 Å². The molecule has 1 aliphatic rings. The minimum atomic E-state index is -0.213. The molecule has 0 aromatic heterocycles. The molecule has 0 bridgehead atoms. The van der Waals surface area contributed by atoms with Crippen LogP contribution in [0.15, 0.2) is 72.8 Å². The number of fused-ring (bicyclic) bond motifs is 1. The van der Waals surface area contributed by atoms with E-state index in [2.05, 4.69) is 36.5 Å². The van der Waals surface area contributed by atoms with Gasteiger partial charge in [0.1, 0.15) is 11.9 Å². The van der Waals surface area contributed by atoms with Crippen LogP contribution in [0.2, 0.25) is 0 Å². The van der Waals surface area contributed by atoms with E-state index >= 15 is 0 Å². The average molecular weight is 358 g/mol. The molecule has 1 aliphatic heterocycles. The van der Waals surface area contributed by atoms with Gasteiger partial charge in [0, 0.05) is 12.2 Å². The van der Waals surface area contributed by atoms with Gasteiger partial charge in [-0.25, -0.2) is 0 Å². The number of carbonyl (C=O) groups excluding carboxylic acids is 1.